The van der Waals surface area contributed by atoms with Crippen molar-refractivity contribution in [1.82, 2.24) is 24.8 Å². The normalized spacial score (nSPS) is 11.0. The maximum absolute atomic E-state index is 5.04. The van der Waals surface area contributed by atoms with E-state index in [2.05, 4.69) is 77.0 Å². The number of aromatic nitrogens is 4. The molecule has 0 atom stereocenters. The van der Waals surface area contributed by atoms with Crippen LogP contribution in [0.25, 0.3) is 0 Å². The molecule has 4 heterocycles. The second kappa shape index (κ2) is 11.8. The van der Waals surface area contributed by atoms with Gasteiger partial charge in [0, 0.05) is 31.7 Å². The summed E-state index contributed by atoms with van der Waals surface area (Å²) in [5, 5.41) is 0. The van der Waals surface area contributed by atoms with Crippen molar-refractivity contribution >= 4 is 10.1 Å². The van der Waals surface area contributed by atoms with Crippen LogP contribution in [-0.4, -0.2) is 31.9 Å². The first-order valence-electron chi connectivity index (χ1n) is 10.2. The van der Waals surface area contributed by atoms with Crippen molar-refractivity contribution in [2.45, 2.75) is 25.4 Å². The van der Waals surface area contributed by atoms with E-state index < -0.39 is 5.41 Å². The number of hydrogen-bond donors (Lipinski definition) is 0. The SMILES string of the molecule is CN(Cc1ccccn1)Cc1cccc(C(C)(c2ccccn2)c2ccccn2)n1.[Cl][Co+]. The van der Waals surface area contributed by atoms with E-state index in [1.807, 2.05) is 73.2 Å². The van der Waals surface area contributed by atoms with E-state index in [0.717, 1.165) is 41.6 Å². The van der Waals surface area contributed by atoms with Crippen molar-refractivity contribution in [3.8, 4) is 0 Å². The van der Waals surface area contributed by atoms with Crippen molar-refractivity contribution in [2.75, 3.05) is 7.05 Å². The van der Waals surface area contributed by atoms with Crippen molar-refractivity contribution in [1.29, 1.82) is 0 Å². The Morgan fingerprint density at radius 1 is 0.688 bits per heavy atom. The third-order valence-corrected chi connectivity index (χ3v) is 5.26. The van der Waals surface area contributed by atoms with Gasteiger partial charge in [0.2, 0.25) is 0 Å². The van der Waals surface area contributed by atoms with Gasteiger partial charge in [0.1, 0.15) is 0 Å². The molecule has 4 rings (SSSR count). The summed E-state index contributed by atoms with van der Waals surface area (Å²) in [6, 6.07) is 24.1. The van der Waals surface area contributed by atoms with Gasteiger partial charge in [0.25, 0.3) is 0 Å². The third kappa shape index (κ3) is 5.78. The summed E-state index contributed by atoms with van der Waals surface area (Å²) >= 11 is 3.03. The van der Waals surface area contributed by atoms with Crippen LogP contribution in [0.15, 0.2) is 91.4 Å². The van der Waals surface area contributed by atoms with Crippen LogP contribution in [0.3, 0.4) is 0 Å². The van der Waals surface area contributed by atoms with Crippen molar-refractivity contribution < 1.29 is 14.8 Å². The number of pyridine rings is 4. The predicted octanol–water partition coefficient (Wildman–Crippen LogP) is 4.94. The third-order valence-electron chi connectivity index (χ3n) is 5.26. The molecule has 0 bridgehead atoms. The summed E-state index contributed by atoms with van der Waals surface area (Å²) < 4.78 is 0. The van der Waals surface area contributed by atoms with Gasteiger partial charge in [-0.05, 0) is 62.5 Å². The first kappa shape index (κ1) is 24.0. The molecule has 0 N–H and O–H groups in total. The monoisotopic (exact) mass is 489 g/mol. The number of nitrogens with zero attached hydrogens (tertiary/aromatic N) is 5. The Bertz CT molecular complexity index is 1040. The second-order valence-corrected chi connectivity index (χ2v) is 7.56. The zero-order valence-corrected chi connectivity index (χ0v) is 19.8. The van der Waals surface area contributed by atoms with Crippen molar-refractivity contribution in [3.63, 3.8) is 0 Å². The van der Waals surface area contributed by atoms with Gasteiger partial charge >= 0.3 is 25.0 Å². The molecule has 0 unspecified atom stereocenters. The fraction of sp³-hybridized carbons (Fsp3) is 0.200. The van der Waals surface area contributed by atoms with E-state index in [1.165, 1.54) is 0 Å². The number of hydrogen-bond acceptors (Lipinski definition) is 5. The molecule has 0 aromatic carbocycles. The summed E-state index contributed by atoms with van der Waals surface area (Å²) in [5.41, 5.74) is 4.29. The van der Waals surface area contributed by atoms with E-state index >= 15 is 0 Å². The first-order valence-corrected chi connectivity index (χ1v) is 11.6. The van der Waals surface area contributed by atoms with Gasteiger partial charge in [0.15, 0.2) is 0 Å². The van der Waals surface area contributed by atoms with Crippen LogP contribution >= 0.6 is 10.1 Å². The van der Waals surface area contributed by atoms with Gasteiger partial charge in [-0.25, -0.2) is 0 Å². The molecule has 32 heavy (non-hydrogen) atoms. The van der Waals surface area contributed by atoms with Crippen LogP contribution in [0.2, 0.25) is 0 Å². The molecular formula is C25H25ClCoN5+. The summed E-state index contributed by atoms with van der Waals surface area (Å²) in [6.07, 6.45) is 5.47. The minimum absolute atomic E-state index is 0.544. The summed E-state index contributed by atoms with van der Waals surface area (Å²) in [4.78, 5) is 21.0. The Morgan fingerprint density at radius 2 is 1.19 bits per heavy atom. The van der Waals surface area contributed by atoms with Crippen LogP contribution in [0, 0.1) is 0 Å². The van der Waals surface area contributed by atoms with E-state index in [4.69, 9.17) is 4.98 Å². The zero-order valence-electron chi connectivity index (χ0n) is 18.0. The molecule has 0 aliphatic heterocycles. The Hall–Kier alpha value is -2.64. The van der Waals surface area contributed by atoms with Gasteiger partial charge in [-0.2, -0.15) is 0 Å². The van der Waals surface area contributed by atoms with E-state index in [0.29, 0.717) is 0 Å². The van der Waals surface area contributed by atoms with Crippen molar-refractivity contribution in [2.24, 2.45) is 0 Å². The van der Waals surface area contributed by atoms with Crippen LogP contribution in [0.1, 0.15) is 35.4 Å². The molecule has 0 saturated heterocycles. The van der Waals surface area contributed by atoms with Gasteiger partial charge < -0.3 is 0 Å². The molecule has 0 saturated carbocycles. The quantitative estimate of drug-likeness (QED) is 0.368. The molecule has 0 radical (unpaired) electrons. The molecule has 7 heteroatoms. The fourth-order valence-electron chi connectivity index (χ4n) is 3.66. The number of halogens is 1. The Balaban J connectivity index is 0.00000141. The average Bonchev–Trinajstić information content (AvgIpc) is 2.86. The Morgan fingerprint density at radius 3 is 1.72 bits per heavy atom. The summed E-state index contributed by atoms with van der Waals surface area (Å²) in [6.45, 7) is 3.64. The summed E-state index contributed by atoms with van der Waals surface area (Å²) in [7, 11) is 6.41. The van der Waals surface area contributed by atoms with Crippen LogP contribution < -0.4 is 0 Å². The average molecular weight is 490 g/mol. The standard InChI is InChI=1S/C25H25N5.ClH.Co/c1-25(22-12-4-7-16-27-22,23-13-5-8-17-28-23)24-14-9-11-21(29-24)19-30(2)18-20-10-3-6-15-26-20;;/h3-17H,18-19H2,1-2H3;1H;/q;;+2/p-1. The molecule has 5 nitrogen and oxygen atoms in total. The maximum atomic E-state index is 5.04. The molecule has 0 aliphatic carbocycles. The van der Waals surface area contributed by atoms with Gasteiger partial charge in [-0.15, -0.1) is 0 Å². The van der Waals surface area contributed by atoms with Crippen LogP contribution in [0.4, 0.5) is 0 Å². The molecule has 0 spiro atoms. The Labute approximate surface area is 201 Å². The molecule has 4 aromatic heterocycles. The molecular weight excluding hydrogens is 465 g/mol. The second-order valence-electron chi connectivity index (χ2n) is 7.56. The number of rotatable bonds is 7. The molecule has 165 valence electrons. The molecule has 0 amide bonds. The predicted molar refractivity (Wildman–Crippen MR) is 124 cm³/mol. The van der Waals surface area contributed by atoms with Crippen LogP contribution in [-0.2, 0) is 33.3 Å². The van der Waals surface area contributed by atoms with Gasteiger partial charge in [-0.1, -0.05) is 24.3 Å². The van der Waals surface area contributed by atoms with Crippen LogP contribution in [0.5, 0.6) is 0 Å². The van der Waals surface area contributed by atoms with E-state index in [1.54, 1.807) is 0 Å². The minimum atomic E-state index is -0.544. The van der Waals surface area contributed by atoms with Gasteiger partial charge in [-0.3, -0.25) is 24.8 Å². The molecule has 4 aromatic rings. The molecule has 0 aliphatic rings. The Kier molecular flexibility index (Phi) is 8.87. The fourth-order valence-corrected chi connectivity index (χ4v) is 3.66. The first-order chi connectivity index (χ1) is 15.7. The zero-order chi connectivity index (χ0) is 22.8. The summed E-state index contributed by atoms with van der Waals surface area (Å²) in [5.74, 6) is 0. The molecule has 0 fully saturated rings. The van der Waals surface area contributed by atoms with E-state index in [-0.39, 0.29) is 0 Å². The van der Waals surface area contributed by atoms with Gasteiger partial charge in [0.05, 0.1) is 33.9 Å². The topological polar surface area (TPSA) is 54.8 Å². The van der Waals surface area contributed by atoms with Crippen molar-refractivity contribution in [3.05, 3.63) is 120 Å². The van der Waals surface area contributed by atoms with E-state index in [9.17, 15) is 0 Å².